The van der Waals surface area contributed by atoms with Gasteiger partial charge in [0.25, 0.3) is 0 Å². The van der Waals surface area contributed by atoms with E-state index in [0.717, 1.165) is 18.4 Å². The van der Waals surface area contributed by atoms with Gasteiger partial charge in [-0.15, -0.1) is 9.24 Å². The van der Waals surface area contributed by atoms with Crippen LogP contribution in [0, 0.1) is 12.8 Å². The summed E-state index contributed by atoms with van der Waals surface area (Å²) >= 11 is 0. The lowest BCUT2D eigenvalue weighted by Crippen LogP contribution is -2.11. The van der Waals surface area contributed by atoms with Crippen LogP contribution in [0.4, 0.5) is 0 Å². The van der Waals surface area contributed by atoms with Crippen LogP contribution in [0.25, 0.3) is 0 Å². The molecule has 0 amide bonds. The fourth-order valence-electron chi connectivity index (χ4n) is 1.78. The minimum absolute atomic E-state index is 0.329. The number of hydrogen-bond donors (Lipinski definition) is 1. The van der Waals surface area contributed by atoms with E-state index in [-0.39, 0.29) is 6.10 Å². The van der Waals surface area contributed by atoms with Gasteiger partial charge in [-0.3, -0.25) is 0 Å². The Morgan fingerprint density at radius 2 is 2.07 bits per heavy atom. The summed E-state index contributed by atoms with van der Waals surface area (Å²) in [6, 6.07) is 6.16. The zero-order valence-electron chi connectivity index (χ0n) is 9.83. The predicted octanol–water partition coefficient (Wildman–Crippen LogP) is 2.97. The van der Waals surface area contributed by atoms with E-state index in [4.69, 9.17) is 0 Å². The summed E-state index contributed by atoms with van der Waals surface area (Å²) in [6.45, 7) is 6.34. The second kappa shape index (κ2) is 5.63. The lowest BCUT2D eigenvalue weighted by molar-refractivity contribution is 0.112. The van der Waals surface area contributed by atoms with Crippen LogP contribution in [-0.4, -0.2) is 5.11 Å². The van der Waals surface area contributed by atoms with E-state index < -0.39 is 0 Å². The maximum Gasteiger partial charge on any atom is 0.0815 e. The van der Waals surface area contributed by atoms with Gasteiger partial charge in [0.1, 0.15) is 0 Å². The molecule has 0 aliphatic heterocycles. The number of hydrogen-bond acceptors (Lipinski definition) is 1. The number of benzene rings is 1. The van der Waals surface area contributed by atoms with Crippen molar-refractivity contribution in [1.29, 1.82) is 0 Å². The molecule has 2 heteroatoms. The highest BCUT2D eigenvalue weighted by atomic mass is 31.0. The molecule has 0 fully saturated rings. The molecule has 3 atom stereocenters. The van der Waals surface area contributed by atoms with E-state index in [1.54, 1.807) is 0 Å². The van der Waals surface area contributed by atoms with Crippen molar-refractivity contribution in [2.45, 2.75) is 39.7 Å². The first-order valence-corrected chi connectivity index (χ1v) is 6.18. The van der Waals surface area contributed by atoms with Gasteiger partial charge in [0.15, 0.2) is 0 Å². The molecule has 1 aromatic carbocycles. The van der Waals surface area contributed by atoms with Gasteiger partial charge >= 0.3 is 0 Å². The zero-order valence-corrected chi connectivity index (χ0v) is 11.0. The van der Waals surface area contributed by atoms with E-state index in [2.05, 4.69) is 42.1 Å². The summed E-state index contributed by atoms with van der Waals surface area (Å²) in [4.78, 5) is 0. The van der Waals surface area contributed by atoms with Gasteiger partial charge in [0.2, 0.25) is 0 Å². The number of rotatable bonds is 4. The maximum absolute atomic E-state index is 10.1. The Bertz CT molecular complexity index is 322. The number of aliphatic hydroxyl groups excluding tert-OH is 1. The Hall–Kier alpha value is -0.390. The fourth-order valence-corrected chi connectivity index (χ4v) is 2.07. The van der Waals surface area contributed by atoms with Crippen molar-refractivity contribution in [3.63, 3.8) is 0 Å². The van der Waals surface area contributed by atoms with Crippen molar-refractivity contribution in [2.75, 3.05) is 0 Å². The van der Waals surface area contributed by atoms with Crippen LogP contribution in [0.3, 0.4) is 0 Å². The minimum atomic E-state index is -0.329. The molecule has 3 unspecified atom stereocenters. The van der Waals surface area contributed by atoms with Crippen molar-refractivity contribution in [1.82, 2.24) is 0 Å². The maximum atomic E-state index is 10.1. The molecule has 1 aromatic rings. The summed E-state index contributed by atoms with van der Waals surface area (Å²) < 4.78 is 0. The van der Waals surface area contributed by atoms with Crippen LogP contribution in [0.15, 0.2) is 18.2 Å². The van der Waals surface area contributed by atoms with Crippen molar-refractivity contribution in [2.24, 2.45) is 5.92 Å². The molecule has 0 spiro atoms. The summed E-state index contributed by atoms with van der Waals surface area (Å²) in [7, 11) is 2.71. The molecule has 0 aliphatic carbocycles. The Labute approximate surface area is 95.1 Å². The van der Waals surface area contributed by atoms with Gasteiger partial charge in [-0.1, -0.05) is 32.4 Å². The Morgan fingerprint density at radius 1 is 1.40 bits per heavy atom. The average molecular weight is 224 g/mol. The Kier molecular flexibility index (Phi) is 4.76. The van der Waals surface area contributed by atoms with Crippen LogP contribution in [-0.2, 0) is 0 Å². The monoisotopic (exact) mass is 224 g/mol. The molecular weight excluding hydrogens is 203 g/mol. The highest BCUT2D eigenvalue weighted by Gasteiger charge is 2.15. The molecule has 84 valence electrons. The molecule has 0 aromatic heterocycles. The van der Waals surface area contributed by atoms with Crippen molar-refractivity contribution in [3.8, 4) is 0 Å². The second-order valence-corrected chi connectivity index (χ2v) is 4.95. The molecule has 1 nitrogen and oxygen atoms in total. The third-order valence-corrected chi connectivity index (χ3v) is 3.55. The first-order chi connectivity index (χ1) is 7.06. The summed E-state index contributed by atoms with van der Waals surface area (Å²) in [5, 5.41) is 11.3. The lowest BCUT2D eigenvalue weighted by atomic mass is 9.93. The largest absolute Gasteiger partial charge is 0.388 e. The standard InChI is InChI=1S/C13H21OP/c1-4-5-10(3)13(14)11-7-6-9(2)12(15)8-11/h6-8,10,13-14H,4-5,15H2,1-3H3. The Morgan fingerprint density at radius 3 is 2.60 bits per heavy atom. The first-order valence-electron chi connectivity index (χ1n) is 5.60. The van der Waals surface area contributed by atoms with E-state index >= 15 is 0 Å². The van der Waals surface area contributed by atoms with E-state index in [1.807, 2.05) is 6.07 Å². The SMILES string of the molecule is CCCC(C)C(O)c1ccc(C)c(P)c1. The normalized spacial score (nSPS) is 15.0. The van der Waals surface area contributed by atoms with Crippen LogP contribution < -0.4 is 5.30 Å². The third kappa shape index (κ3) is 3.29. The van der Waals surface area contributed by atoms with Gasteiger partial charge < -0.3 is 5.11 Å². The van der Waals surface area contributed by atoms with Crippen LogP contribution in [0.2, 0.25) is 0 Å². The fraction of sp³-hybridized carbons (Fsp3) is 0.538. The molecule has 0 radical (unpaired) electrons. The quantitative estimate of drug-likeness (QED) is 0.779. The van der Waals surface area contributed by atoms with Crippen molar-refractivity contribution < 1.29 is 5.11 Å². The summed E-state index contributed by atoms with van der Waals surface area (Å²) in [6.07, 6.45) is 1.86. The highest BCUT2D eigenvalue weighted by molar-refractivity contribution is 7.27. The highest BCUT2D eigenvalue weighted by Crippen LogP contribution is 2.25. The second-order valence-electron chi connectivity index (χ2n) is 4.33. The van der Waals surface area contributed by atoms with Gasteiger partial charge in [0.05, 0.1) is 6.10 Å². The Balaban J connectivity index is 2.81. The van der Waals surface area contributed by atoms with Crippen molar-refractivity contribution in [3.05, 3.63) is 29.3 Å². The molecule has 0 saturated carbocycles. The number of aliphatic hydroxyl groups is 1. The summed E-state index contributed by atoms with van der Waals surface area (Å²) in [5.41, 5.74) is 2.28. The first kappa shape index (κ1) is 12.7. The molecule has 15 heavy (non-hydrogen) atoms. The topological polar surface area (TPSA) is 20.2 Å². The summed E-state index contributed by atoms with van der Waals surface area (Å²) in [5.74, 6) is 0.335. The third-order valence-electron chi connectivity index (χ3n) is 2.93. The van der Waals surface area contributed by atoms with Crippen molar-refractivity contribution >= 4 is 14.5 Å². The van der Waals surface area contributed by atoms with E-state index in [1.165, 1.54) is 10.9 Å². The van der Waals surface area contributed by atoms with E-state index in [9.17, 15) is 5.11 Å². The average Bonchev–Trinajstić information content (AvgIpc) is 2.21. The predicted molar refractivity (Wildman–Crippen MR) is 69.6 cm³/mol. The molecule has 0 saturated heterocycles. The van der Waals surface area contributed by atoms with Gasteiger partial charge in [-0.25, -0.2) is 0 Å². The molecule has 1 rings (SSSR count). The molecule has 0 bridgehead atoms. The van der Waals surface area contributed by atoms with Gasteiger partial charge in [-0.05, 0) is 41.8 Å². The molecule has 0 aliphatic rings. The van der Waals surface area contributed by atoms with Crippen LogP contribution >= 0.6 is 9.24 Å². The van der Waals surface area contributed by atoms with Gasteiger partial charge in [-0.2, -0.15) is 0 Å². The molecule has 0 heterocycles. The molecular formula is C13H21OP. The number of aryl methyl sites for hydroxylation is 1. The van der Waals surface area contributed by atoms with Crippen LogP contribution in [0.5, 0.6) is 0 Å². The lowest BCUT2D eigenvalue weighted by Gasteiger charge is -2.19. The van der Waals surface area contributed by atoms with Crippen LogP contribution in [0.1, 0.15) is 43.9 Å². The van der Waals surface area contributed by atoms with Gasteiger partial charge in [0, 0.05) is 0 Å². The smallest absolute Gasteiger partial charge is 0.0815 e. The minimum Gasteiger partial charge on any atom is -0.388 e. The molecule has 1 N–H and O–H groups in total. The van der Waals surface area contributed by atoms with E-state index in [0.29, 0.717) is 5.92 Å². The zero-order chi connectivity index (χ0) is 11.4.